The zero-order valence-electron chi connectivity index (χ0n) is 13.0. The molecule has 5 heteroatoms. The summed E-state index contributed by atoms with van der Waals surface area (Å²) in [5.41, 5.74) is 0.0838. The lowest BCUT2D eigenvalue weighted by Gasteiger charge is -2.15. The number of benzene rings is 1. The van der Waals surface area contributed by atoms with Crippen molar-refractivity contribution in [1.29, 1.82) is 0 Å². The van der Waals surface area contributed by atoms with Gasteiger partial charge >= 0.3 is 0 Å². The smallest absolute Gasteiger partial charge is 0.229 e. The molecule has 2 amide bonds. The van der Waals surface area contributed by atoms with E-state index >= 15 is 0 Å². The highest BCUT2D eigenvalue weighted by Crippen LogP contribution is 2.62. The van der Waals surface area contributed by atoms with Gasteiger partial charge in [0.05, 0.1) is 22.9 Å². The molecule has 2 aliphatic rings. The zero-order valence-corrected chi connectivity index (χ0v) is 13.0. The van der Waals surface area contributed by atoms with Crippen molar-refractivity contribution < 1.29 is 14.4 Å². The number of para-hydroxylation sites is 1. The molecule has 0 spiro atoms. The SMILES string of the molecule is CC[C@@H](C)NC(=O)[C@@H]1[C@@H]2C(=O)Nc3ccccc3C(=O)[C@]12C. The Morgan fingerprint density at radius 1 is 1.36 bits per heavy atom. The fraction of sp³-hybridized carbons (Fsp3) is 0.471. The van der Waals surface area contributed by atoms with Gasteiger partial charge in [0.15, 0.2) is 5.78 Å². The first-order valence-corrected chi connectivity index (χ1v) is 7.66. The first-order valence-electron chi connectivity index (χ1n) is 7.66. The third-order valence-electron chi connectivity index (χ3n) is 5.00. The molecule has 3 rings (SSSR count). The quantitative estimate of drug-likeness (QED) is 0.896. The van der Waals surface area contributed by atoms with Gasteiger partial charge in [-0.15, -0.1) is 0 Å². The second-order valence-electron chi connectivity index (χ2n) is 6.42. The molecular weight excluding hydrogens is 280 g/mol. The molecule has 0 unspecified atom stereocenters. The summed E-state index contributed by atoms with van der Waals surface area (Å²) in [5.74, 6) is -1.75. The van der Waals surface area contributed by atoms with E-state index in [1.54, 1.807) is 31.2 Å². The van der Waals surface area contributed by atoms with Gasteiger partial charge in [0, 0.05) is 11.6 Å². The number of fused-ring (bicyclic) bond motifs is 2. The maximum Gasteiger partial charge on any atom is 0.229 e. The molecule has 1 aromatic carbocycles. The molecule has 0 aromatic heterocycles. The predicted molar refractivity (Wildman–Crippen MR) is 82.4 cm³/mol. The number of amides is 2. The van der Waals surface area contributed by atoms with Gasteiger partial charge in [-0.3, -0.25) is 14.4 Å². The first-order chi connectivity index (χ1) is 10.4. The topological polar surface area (TPSA) is 75.3 Å². The molecular formula is C17H20N2O3. The van der Waals surface area contributed by atoms with Gasteiger partial charge in [-0.2, -0.15) is 0 Å². The van der Waals surface area contributed by atoms with Crippen molar-refractivity contribution >= 4 is 23.3 Å². The van der Waals surface area contributed by atoms with Crippen LogP contribution in [0.1, 0.15) is 37.6 Å². The van der Waals surface area contributed by atoms with Crippen molar-refractivity contribution in [1.82, 2.24) is 5.32 Å². The molecule has 2 N–H and O–H groups in total. The maximum absolute atomic E-state index is 12.8. The van der Waals surface area contributed by atoms with Gasteiger partial charge in [-0.05, 0) is 25.5 Å². The van der Waals surface area contributed by atoms with E-state index < -0.39 is 17.3 Å². The van der Waals surface area contributed by atoms with Crippen LogP contribution in [0.5, 0.6) is 0 Å². The largest absolute Gasteiger partial charge is 0.353 e. The molecule has 4 atom stereocenters. The molecule has 22 heavy (non-hydrogen) atoms. The Labute approximate surface area is 129 Å². The van der Waals surface area contributed by atoms with Crippen molar-refractivity contribution in [2.75, 3.05) is 5.32 Å². The minimum atomic E-state index is -0.936. The minimum Gasteiger partial charge on any atom is -0.353 e. The van der Waals surface area contributed by atoms with E-state index in [9.17, 15) is 14.4 Å². The number of anilines is 1. The molecule has 0 radical (unpaired) electrons. The molecule has 116 valence electrons. The molecule has 5 nitrogen and oxygen atoms in total. The Kier molecular flexibility index (Phi) is 3.31. The van der Waals surface area contributed by atoms with Crippen molar-refractivity contribution in [2.45, 2.75) is 33.2 Å². The Hall–Kier alpha value is -2.17. The summed E-state index contributed by atoms with van der Waals surface area (Å²) >= 11 is 0. The molecule has 1 heterocycles. The predicted octanol–water partition coefficient (Wildman–Crippen LogP) is 1.99. The average Bonchev–Trinajstić information content (AvgIpc) is 3.15. The van der Waals surface area contributed by atoms with Crippen molar-refractivity contribution in [3.63, 3.8) is 0 Å². The van der Waals surface area contributed by atoms with Crippen molar-refractivity contribution in [2.24, 2.45) is 17.3 Å². The van der Waals surface area contributed by atoms with Gasteiger partial charge < -0.3 is 10.6 Å². The number of Topliss-reactive ketones (excluding diaryl/α,β-unsaturated/α-hetero) is 1. The third kappa shape index (κ3) is 1.95. The Bertz CT molecular complexity index is 670. The summed E-state index contributed by atoms with van der Waals surface area (Å²) in [6.45, 7) is 5.62. The molecule has 1 saturated carbocycles. The summed E-state index contributed by atoms with van der Waals surface area (Å²) in [6, 6.07) is 6.99. The van der Waals surface area contributed by atoms with Crippen LogP contribution in [-0.4, -0.2) is 23.6 Å². The molecule has 1 aromatic rings. The van der Waals surface area contributed by atoms with E-state index in [4.69, 9.17) is 0 Å². The Morgan fingerprint density at radius 3 is 2.73 bits per heavy atom. The van der Waals surface area contributed by atoms with E-state index in [1.807, 2.05) is 13.8 Å². The van der Waals surface area contributed by atoms with Crippen molar-refractivity contribution in [3.05, 3.63) is 29.8 Å². The standard InChI is InChI=1S/C17H20N2O3/c1-4-9(2)18-15(21)12-13-16(22)19-11-8-6-5-7-10(11)14(20)17(12,13)3/h5-9,12-13H,4H2,1-3H3,(H,18,21)(H,19,22)/t9-,12+,13-,17-/m1/s1. The highest BCUT2D eigenvalue weighted by Gasteiger charge is 2.73. The lowest BCUT2D eigenvalue weighted by Crippen LogP contribution is -2.35. The number of carbonyl (C=O) groups excluding carboxylic acids is 3. The number of rotatable bonds is 3. The highest BCUT2D eigenvalue weighted by molar-refractivity contribution is 6.19. The number of hydrogen-bond acceptors (Lipinski definition) is 3. The highest BCUT2D eigenvalue weighted by atomic mass is 16.2. The summed E-state index contributed by atoms with van der Waals surface area (Å²) in [7, 11) is 0. The summed E-state index contributed by atoms with van der Waals surface area (Å²) in [4.78, 5) is 37.7. The third-order valence-corrected chi connectivity index (χ3v) is 5.00. The van der Waals surface area contributed by atoms with Crippen LogP contribution in [0.4, 0.5) is 5.69 Å². The molecule has 1 fully saturated rings. The van der Waals surface area contributed by atoms with E-state index in [1.165, 1.54) is 0 Å². The molecule has 1 aliphatic heterocycles. The van der Waals surface area contributed by atoms with E-state index in [0.29, 0.717) is 11.3 Å². The van der Waals surface area contributed by atoms with Crippen molar-refractivity contribution in [3.8, 4) is 0 Å². The fourth-order valence-corrected chi connectivity index (χ4v) is 3.37. The van der Waals surface area contributed by atoms with Crippen LogP contribution in [0.3, 0.4) is 0 Å². The maximum atomic E-state index is 12.8. The minimum absolute atomic E-state index is 0.0337. The molecule has 0 bridgehead atoms. The fourth-order valence-electron chi connectivity index (χ4n) is 3.37. The lowest BCUT2D eigenvalue weighted by atomic mass is 9.92. The number of ketones is 1. The Balaban J connectivity index is 1.94. The first kappa shape index (κ1) is 14.8. The van der Waals surface area contributed by atoms with E-state index in [-0.39, 0.29) is 23.6 Å². The van der Waals surface area contributed by atoms with Crippen LogP contribution in [0, 0.1) is 17.3 Å². The molecule has 0 saturated heterocycles. The van der Waals surface area contributed by atoms with Crippen LogP contribution in [-0.2, 0) is 9.59 Å². The number of carbonyl (C=O) groups is 3. The average molecular weight is 300 g/mol. The van der Waals surface area contributed by atoms with Crippen LogP contribution >= 0.6 is 0 Å². The van der Waals surface area contributed by atoms with Gasteiger partial charge in [-0.25, -0.2) is 0 Å². The van der Waals surface area contributed by atoms with E-state index in [0.717, 1.165) is 6.42 Å². The van der Waals surface area contributed by atoms with Crippen LogP contribution in [0.25, 0.3) is 0 Å². The number of hydrogen-bond donors (Lipinski definition) is 2. The Morgan fingerprint density at radius 2 is 2.05 bits per heavy atom. The molecule has 1 aliphatic carbocycles. The van der Waals surface area contributed by atoms with Gasteiger partial charge in [-0.1, -0.05) is 26.0 Å². The zero-order chi connectivity index (χ0) is 16.1. The van der Waals surface area contributed by atoms with Crippen LogP contribution < -0.4 is 10.6 Å². The van der Waals surface area contributed by atoms with Gasteiger partial charge in [0.2, 0.25) is 11.8 Å². The van der Waals surface area contributed by atoms with Crippen LogP contribution in [0.2, 0.25) is 0 Å². The summed E-state index contributed by atoms with van der Waals surface area (Å²) in [6.07, 6.45) is 0.808. The lowest BCUT2D eigenvalue weighted by molar-refractivity contribution is -0.125. The summed E-state index contributed by atoms with van der Waals surface area (Å²) in [5, 5.41) is 5.67. The van der Waals surface area contributed by atoms with Gasteiger partial charge in [0.25, 0.3) is 0 Å². The summed E-state index contributed by atoms with van der Waals surface area (Å²) < 4.78 is 0. The second kappa shape index (κ2) is 4.93. The number of nitrogens with one attached hydrogen (secondary N) is 2. The second-order valence-corrected chi connectivity index (χ2v) is 6.42. The normalized spacial score (nSPS) is 30.5. The van der Waals surface area contributed by atoms with Gasteiger partial charge in [0.1, 0.15) is 0 Å². The van der Waals surface area contributed by atoms with Crippen LogP contribution in [0.15, 0.2) is 24.3 Å². The van der Waals surface area contributed by atoms with E-state index in [2.05, 4.69) is 10.6 Å². The monoisotopic (exact) mass is 300 g/mol.